The van der Waals surface area contributed by atoms with E-state index in [2.05, 4.69) is 4.98 Å². The van der Waals surface area contributed by atoms with Crippen LogP contribution < -0.4 is 14.2 Å². The predicted octanol–water partition coefficient (Wildman–Crippen LogP) is 5.78. The van der Waals surface area contributed by atoms with E-state index in [0.29, 0.717) is 39.7 Å². The minimum absolute atomic E-state index is 0.0197. The molecule has 4 aromatic rings. The number of methoxy groups -OCH3 is 3. The Labute approximate surface area is 204 Å². The van der Waals surface area contributed by atoms with Gasteiger partial charge in [0.2, 0.25) is 5.75 Å². The molecule has 0 bridgehead atoms. The standard InChI is InChI=1S/C28H29NO6/c1-28(2,16-30)15-22(31)18-8-6-7-17(11-18)20-9-10-29-21-14-23(35-26(20)21)19-12-24(32-3)27(34-5)25(13-19)33-4/h6-14,30H,15-16H2,1-5H3. The highest BCUT2D eigenvalue weighted by atomic mass is 16.5. The molecule has 0 fully saturated rings. The Morgan fingerprint density at radius 1 is 0.971 bits per heavy atom. The van der Waals surface area contributed by atoms with Crippen molar-refractivity contribution in [2.24, 2.45) is 5.41 Å². The number of aromatic nitrogens is 1. The molecule has 0 aliphatic heterocycles. The minimum atomic E-state index is -0.479. The third-order valence-electron chi connectivity index (χ3n) is 5.92. The zero-order chi connectivity index (χ0) is 25.2. The largest absolute Gasteiger partial charge is 0.493 e. The number of hydrogen-bond acceptors (Lipinski definition) is 7. The van der Waals surface area contributed by atoms with Crippen molar-refractivity contribution in [3.05, 3.63) is 60.3 Å². The lowest BCUT2D eigenvalue weighted by atomic mass is 9.86. The van der Waals surface area contributed by atoms with Gasteiger partial charge in [-0.15, -0.1) is 0 Å². The van der Waals surface area contributed by atoms with Gasteiger partial charge in [-0.05, 0) is 35.2 Å². The molecule has 2 aromatic carbocycles. The van der Waals surface area contributed by atoms with E-state index < -0.39 is 5.41 Å². The fraction of sp³-hybridized carbons (Fsp3) is 0.286. The van der Waals surface area contributed by atoms with E-state index in [1.807, 2.05) is 56.3 Å². The molecular weight excluding hydrogens is 446 g/mol. The van der Waals surface area contributed by atoms with E-state index in [9.17, 15) is 9.90 Å². The monoisotopic (exact) mass is 475 g/mol. The summed E-state index contributed by atoms with van der Waals surface area (Å²) in [7, 11) is 4.69. The summed E-state index contributed by atoms with van der Waals surface area (Å²) >= 11 is 0. The number of nitrogens with zero attached hydrogens (tertiary/aromatic N) is 1. The highest BCUT2D eigenvalue weighted by Gasteiger charge is 2.23. The van der Waals surface area contributed by atoms with Gasteiger partial charge in [0, 0.05) is 42.0 Å². The molecule has 0 aliphatic carbocycles. The Bertz CT molecular complexity index is 1350. The van der Waals surface area contributed by atoms with Gasteiger partial charge in [-0.25, -0.2) is 0 Å². The van der Waals surface area contributed by atoms with Crippen molar-refractivity contribution in [1.29, 1.82) is 0 Å². The average molecular weight is 476 g/mol. The number of carbonyl (C=O) groups excluding carboxylic acids is 1. The summed E-state index contributed by atoms with van der Waals surface area (Å²) in [5.41, 5.74) is 3.82. The van der Waals surface area contributed by atoms with Crippen molar-refractivity contribution in [2.45, 2.75) is 20.3 Å². The molecule has 7 heteroatoms. The second-order valence-corrected chi connectivity index (χ2v) is 9.10. The summed E-state index contributed by atoms with van der Waals surface area (Å²) in [6, 6.07) is 14.8. The maximum atomic E-state index is 12.8. The molecule has 2 heterocycles. The van der Waals surface area contributed by atoms with Gasteiger partial charge in [-0.2, -0.15) is 0 Å². The van der Waals surface area contributed by atoms with Crippen LogP contribution in [0.3, 0.4) is 0 Å². The topological polar surface area (TPSA) is 91.0 Å². The molecule has 0 spiro atoms. The summed E-state index contributed by atoms with van der Waals surface area (Å²) in [5, 5.41) is 9.54. The lowest BCUT2D eigenvalue weighted by molar-refractivity contribution is 0.0858. The predicted molar refractivity (Wildman–Crippen MR) is 134 cm³/mol. The smallest absolute Gasteiger partial charge is 0.203 e. The van der Waals surface area contributed by atoms with Crippen molar-refractivity contribution in [1.82, 2.24) is 4.98 Å². The minimum Gasteiger partial charge on any atom is -0.493 e. The summed E-state index contributed by atoms with van der Waals surface area (Å²) in [6.45, 7) is 3.68. The number of rotatable bonds is 9. The molecule has 0 amide bonds. The molecule has 1 N–H and O–H groups in total. The molecule has 182 valence electrons. The number of Topliss-reactive ketones (excluding diaryl/α,β-unsaturated/α-hetero) is 1. The summed E-state index contributed by atoms with van der Waals surface area (Å²) in [6.07, 6.45) is 1.97. The number of carbonyl (C=O) groups is 1. The molecule has 0 saturated heterocycles. The van der Waals surface area contributed by atoms with Crippen molar-refractivity contribution >= 4 is 16.9 Å². The quantitative estimate of drug-likeness (QED) is 0.307. The van der Waals surface area contributed by atoms with Gasteiger partial charge in [0.1, 0.15) is 11.3 Å². The molecule has 0 unspecified atom stereocenters. The zero-order valence-corrected chi connectivity index (χ0v) is 20.5. The van der Waals surface area contributed by atoms with Crippen LogP contribution in [0.1, 0.15) is 30.6 Å². The van der Waals surface area contributed by atoms with Crippen molar-refractivity contribution in [3.8, 4) is 39.7 Å². The Morgan fingerprint density at radius 3 is 2.31 bits per heavy atom. The van der Waals surface area contributed by atoms with E-state index in [0.717, 1.165) is 16.7 Å². The Morgan fingerprint density at radius 2 is 1.69 bits per heavy atom. The summed E-state index contributed by atoms with van der Waals surface area (Å²) in [4.78, 5) is 17.3. The van der Waals surface area contributed by atoms with Crippen LogP contribution in [0.15, 0.2) is 59.1 Å². The number of ketones is 1. The van der Waals surface area contributed by atoms with Gasteiger partial charge in [0.25, 0.3) is 0 Å². The van der Waals surface area contributed by atoms with Crippen LogP contribution in [-0.2, 0) is 0 Å². The molecule has 7 nitrogen and oxygen atoms in total. The third-order valence-corrected chi connectivity index (χ3v) is 5.92. The van der Waals surface area contributed by atoms with Gasteiger partial charge >= 0.3 is 0 Å². The molecule has 4 rings (SSSR count). The average Bonchev–Trinajstić information content (AvgIpc) is 3.32. The van der Waals surface area contributed by atoms with Gasteiger partial charge in [0.05, 0.1) is 21.3 Å². The zero-order valence-electron chi connectivity index (χ0n) is 20.5. The second kappa shape index (κ2) is 9.80. The van der Waals surface area contributed by atoms with E-state index in [1.165, 1.54) is 0 Å². The first-order valence-corrected chi connectivity index (χ1v) is 11.2. The second-order valence-electron chi connectivity index (χ2n) is 9.10. The van der Waals surface area contributed by atoms with E-state index in [-0.39, 0.29) is 18.8 Å². The molecule has 0 atom stereocenters. The fourth-order valence-electron chi connectivity index (χ4n) is 3.98. The van der Waals surface area contributed by atoms with Gasteiger partial charge in [-0.3, -0.25) is 9.78 Å². The van der Waals surface area contributed by atoms with Crippen LogP contribution >= 0.6 is 0 Å². The fourth-order valence-corrected chi connectivity index (χ4v) is 3.98. The van der Waals surface area contributed by atoms with Crippen molar-refractivity contribution in [3.63, 3.8) is 0 Å². The number of aliphatic hydroxyl groups excluding tert-OH is 1. The van der Waals surface area contributed by atoms with E-state index in [4.69, 9.17) is 18.6 Å². The number of benzene rings is 2. The first-order valence-electron chi connectivity index (χ1n) is 11.2. The molecule has 35 heavy (non-hydrogen) atoms. The Hall–Kier alpha value is -3.84. The number of pyridine rings is 1. The van der Waals surface area contributed by atoms with Crippen molar-refractivity contribution < 1.29 is 28.5 Å². The van der Waals surface area contributed by atoms with Crippen LogP contribution in [-0.4, -0.2) is 43.8 Å². The van der Waals surface area contributed by atoms with Crippen LogP contribution in [0, 0.1) is 5.41 Å². The third kappa shape index (κ3) is 4.86. The number of hydrogen-bond donors (Lipinski definition) is 1. The number of aliphatic hydroxyl groups is 1. The normalized spacial score (nSPS) is 11.5. The van der Waals surface area contributed by atoms with Crippen LogP contribution in [0.5, 0.6) is 17.2 Å². The van der Waals surface area contributed by atoms with Gasteiger partial charge in [-0.1, -0.05) is 32.0 Å². The SMILES string of the molecule is COc1cc(-c2cc3nccc(-c4cccc(C(=O)CC(C)(C)CO)c4)c3o2)cc(OC)c1OC. The number of ether oxygens (including phenoxy) is 3. The first kappa shape index (κ1) is 24.3. The lowest BCUT2D eigenvalue weighted by Crippen LogP contribution is -2.21. The summed E-state index contributed by atoms with van der Waals surface area (Å²) < 4.78 is 22.6. The van der Waals surface area contributed by atoms with E-state index in [1.54, 1.807) is 33.6 Å². The molecule has 2 aromatic heterocycles. The lowest BCUT2D eigenvalue weighted by Gasteiger charge is -2.20. The van der Waals surface area contributed by atoms with Gasteiger partial charge < -0.3 is 23.7 Å². The van der Waals surface area contributed by atoms with Gasteiger partial charge in [0.15, 0.2) is 22.9 Å². The maximum absolute atomic E-state index is 12.8. The first-order chi connectivity index (χ1) is 16.8. The highest BCUT2D eigenvalue weighted by Crippen LogP contribution is 2.43. The molecular formula is C28H29NO6. The van der Waals surface area contributed by atoms with Crippen LogP contribution in [0.25, 0.3) is 33.6 Å². The van der Waals surface area contributed by atoms with Crippen molar-refractivity contribution in [2.75, 3.05) is 27.9 Å². The Balaban J connectivity index is 1.77. The molecule has 0 saturated carbocycles. The van der Waals surface area contributed by atoms with E-state index >= 15 is 0 Å². The highest BCUT2D eigenvalue weighted by molar-refractivity contribution is 5.99. The number of furan rings is 1. The Kier molecular flexibility index (Phi) is 6.80. The van der Waals surface area contributed by atoms with Crippen LogP contribution in [0.2, 0.25) is 0 Å². The summed E-state index contributed by atoms with van der Waals surface area (Å²) in [5.74, 6) is 2.12. The van der Waals surface area contributed by atoms with Crippen LogP contribution in [0.4, 0.5) is 0 Å². The number of fused-ring (bicyclic) bond motifs is 1. The molecule has 0 aliphatic rings. The molecule has 0 radical (unpaired) electrons. The maximum Gasteiger partial charge on any atom is 0.203 e.